The van der Waals surface area contributed by atoms with Gasteiger partial charge in [-0.1, -0.05) is 61.2 Å². The first-order valence-electron chi connectivity index (χ1n) is 15.9. The molecular weight excluding hydrogens is 536 g/mol. The van der Waals surface area contributed by atoms with Crippen molar-refractivity contribution in [1.29, 1.82) is 0 Å². The second-order valence-electron chi connectivity index (χ2n) is 11.2. The van der Waals surface area contributed by atoms with Crippen LogP contribution in [0, 0.1) is 32.6 Å². The lowest BCUT2D eigenvalue weighted by Crippen LogP contribution is -2.38. The fourth-order valence-corrected chi connectivity index (χ4v) is 5.48. The topological polar surface area (TPSA) is 35.7 Å². The summed E-state index contributed by atoms with van der Waals surface area (Å²) in [5.74, 6) is 0.937. The van der Waals surface area contributed by atoms with Crippen LogP contribution in [0.4, 0.5) is 11.4 Å². The van der Waals surface area contributed by atoms with Crippen LogP contribution in [0.3, 0.4) is 0 Å². The van der Waals surface area contributed by atoms with E-state index in [1.807, 2.05) is 31.2 Å². The molecule has 2 aromatic carbocycles. The van der Waals surface area contributed by atoms with Crippen molar-refractivity contribution in [2.45, 2.75) is 58.8 Å². The van der Waals surface area contributed by atoms with E-state index in [0.717, 1.165) is 31.2 Å². The Hall–Kier alpha value is -3.52. The zero-order valence-corrected chi connectivity index (χ0v) is 28.6. The highest BCUT2D eigenvalue weighted by molar-refractivity contribution is 5.48. The van der Waals surface area contributed by atoms with Gasteiger partial charge in [-0.15, -0.1) is 52.3 Å². The van der Waals surface area contributed by atoms with Crippen LogP contribution in [0.25, 0.3) is 0 Å². The van der Waals surface area contributed by atoms with E-state index in [1.54, 1.807) is 0 Å². The van der Waals surface area contributed by atoms with Crippen molar-refractivity contribution < 1.29 is 0 Å². The van der Waals surface area contributed by atoms with Gasteiger partial charge in [-0.25, -0.2) is 0 Å². The zero-order valence-electron chi connectivity index (χ0n) is 28.6. The van der Waals surface area contributed by atoms with Gasteiger partial charge in [-0.2, -0.15) is 0 Å². The van der Waals surface area contributed by atoms with Gasteiger partial charge in [0.2, 0.25) is 0 Å². The van der Waals surface area contributed by atoms with Gasteiger partial charge in [0, 0.05) is 37.6 Å². The van der Waals surface area contributed by atoms with Crippen molar-refractivity contribution in [2.75, 3.05) is 63.5 Å². The van der Waals surface area contributed by atoms with E-state index in [-0.39, 0.29) is 0 Å². The third-order valence-electron chi connectivity index (χ3n) is 7.54. The third-order valence-corrected chi connectivity index (χ3v) is 7.54. The Balaban J connectivity index is 0. The molecule has 0 unspecified atom stereocenters. The van der Waals surface area contributed by atoms with E-state index in [1.165, 1.54) is 93.5 Å². The predicted octanol–water partition coefficient (Wildman–Crippen LogP) is 9.20. The number of rotatable bonds is 3. The standard InChI is InChI=1S/C25H41N3.C7H9N.3C2H4.C2H2/c1-22-11-13-25(14-12-22)28-18-8-17-27(21-24-9-5-4-6-10-24)16-7-15-26(3)19-23(2)20-28;1-6-2-4-7(8)5-3-6;4*1-2/h11-14,24H,2,4-10,15-21H2,1,3H3;2-5H,8H2,1H3;3*1-2H2;1-2H. The summed E-state index contributed by atoms with van der Waals surface area (Å²) in [7, 11) is 2.25. The van der Waals surface area contributed by atoms with Crippen LogP contribution in [0.5, 0.6) is 0 Å². The first-order chi connectivity index (χ1) is 21.4. The average molecular weight is 601 g/mol. The predicted molar refractivity (Wildman–Crippen MR) is 202 cm³/mol. The van der Waals surface area contributed by atoms with Gasteiger partial charge in [0.1, 0.15) is 0 Å². The van der Waals surface area contributed by atoms with E-state index in [4.69, 9.17) is 5.73 Å². The van der Waals surface area contributed by atoms with Crippen molar-refractivity contribution in [3.8, 4) is 12.8 Å². The third kappa shape index (κ3) is 19.6. The molecule has 4 nitrogen and oxygen atoms in total. The molecule has 4 heteroatoms. The molecule has 0 amide bonds. The van der Waals surface area contributed by atoms with Gasteiger partial charge in [-0.3, -0.25) is 0 Å². The smallest absolute Gasteiger partial charge is 0.0398 e. The maximum atomic E-state index is 5.43. The molecule has 1 heterocycles. The van der Waals surface area contributed by atoms with Crippen molar-refractivity contribution in [1.82, 2.24) is 9.80 Å². The largest absolute Gasteiger partial charge is 0.399 e. The minimum atomic E-state index is 0.829. The number of nitrogens with two attached hydrogens (primary N) is 1. The van der Waals surface area contributed by atoms with Gasteiger partial charge >= 0.3 is 0 Å². The number of aryl methyl sites for hydroxylation is 2. The molecule has 4 rings (SSSR count). The summed E-state index contributed by atoms with van der Waals surface area (Å²) in [6.45, 7) is 34.7. The van der Waals surface area contributed by atoms with Crippen molar-refractivity contribution in [3.63, 3.8) is 0 Å². The minimum absolute atomic E-state index is 0.829. The quantitative estimate of drug-likeness (QED) is 0.216. The van der Waals surface area contributed by atoms with E-state index >= 15 is 0 Å². The summed E-state index contributed by atoms with van der Waals surface area (Å²) in [5.41, 5.74) is 11.5. The number of nitrogens with zero attached hydrogens (tertiary/aromatic N) is 3. The van der Waals surface area contributed by atoms with Crippen LogP contribution < -0.4 is 10.6 Å². The molecular formula is C40H64N4. The Morgan fingerprint density at radius 1 is 0.682 bits per heavy atom. The van der Waals surface area contributed by atoms with Gasteiger partial charge in [0.05, 0.1) is 0 Å². The molecule has 0 radical (unpaired) electrons. The maximum absolute atomic E-state index is 5.43. The van der Waals surface area contributed by atoms with Gasteiger partial charge < -0.3 is 20.4 Å². The van der Waals surface area contributed by atoms with Crippen LogP contribution in [0.2, 0.25) is 0 Å². The van der Waals surface area contributed by atoms with Crippen molar-refractivity contribution in [2.24, 2.45) is 5.92 Å². The number of hydrogen-bond acceptors (Lipinski definition) is 4. The Morgan fingerprint density at radius 3 is 1.66 bits per heavy atom. The highest BCUT2D eigenvalue weighted by atomic mass is 15.2. The van der Waals surface area contributed by atoms with E-state index < -0.39 is 0 Å². The Labute approximate surface area is 273 Å². The number of anilines is 2. The van der Waals surface area contributed by atoms with Crippen LogP contribution in [-0.2, 0) is 0 Å². The van der Waals surface area contributed by atoms with Gasteiger partial charge in [0.25, 0.3) is 0 Å². The lowest BCUT2D eigenvalue weighted by atomic mass is 9.89. The van der Waals surface area contributed by atoms with E-state index in [0.29, 0.717) is 0 Å². The lowest BCUT2D eigenvalue weighted by molar-refractivity contribution is 0.189. The Bertz CT molecular complexity index is 947. The molecule has 1 saturated carbocycles. The summed E-state index contributed by atoms with van der Waals surface area (Å²) >= 11 is 0. The zero-order chi connectivity index (χ0) is 33.8. The van der Waals surface area contributed by atoms with Crippen LogP contribution in [0.1, 0.15) is 56.1 Å². The molecule has 44 heavy (non-hydrogen) atoms. The monoisotopic (exact) mass is 601 g/mol. The molecule has 2 aliphatic rings. The summed E-state index contributed by atoms with van der Waals surface area (Å²) < 4.78 is 0. The van der Waals surface area contributed by atoms with Gasteiger partial charge in [0.15, 0.2) is 0 Å². The molecule has 2 N–H and O–H groups in total. The number of hydrogen-bond donors (Lipinski definition) is 1. The number of likely N-dealkylation sites (N-methyl/N-ethyl adjacent to an activating group) is 1. The summed E-state index contributed by atoms with van der Waals surface area (Å²) in [4.78, 5) is 7.76. The van der Waals surface area contributed by atoms with Crippen molar-refractivity contribution in [3.05, 3.63) is 111 Å². The molecule has 1 aliphatic carbocycles. The second-order valence-corrected chi connectivity index (χ2v) is 11.2. The Morgan fingerprint density at radius 2 is 1.16 bits per heavy atom. The van der Waals surface area contributed by atoms with Gasteiger partial charge in [-0.05, 0) is 102 Å². The molecule has 1 saturated heterocycles. The molecule has 2 aromatic rings. The molecule has 1 aliphatic heterocycles. The highest BCUT2D eigenvalue weighted by Crippen LogP contribution is 2.25. The fraction of sp³-hybridized carbons (Fsp3) is 0.450. The van der Waals surface area contributed by atoms with Crippen molar-refractivity contribution >= 4 is 11.4 Å². The normalized spacial score (nSPS) is 16.4. The minimum Gasteiger partial charge on any atom is -0.399 e. The lowest BCUT2D eigenvalue weighted by Gasteiger charge is -2.33. The molecule has 0 atom stereocenters. The van der Waals surface area contributed by atoms with Crippen LogP contribution in [0.15, 0.2) is 100 Å². The van der Waals surface area contributed by atoms with E-state index in [9.17, 15) is 0 Å². The summed E-state index contributed by atoms with van der Waals surface area (Å²) in [6, 6.07) is 16.8. The molecule has 0 spiro atoms. The fourth-order valence-electron chi connectivity index (χ4n) is 5.48. The van der Waals surface area contributed by atoms with Crippen LogP contribution >= 0.6 is 0 Å². The molecule has 2 fully saturated rings. The second kappa shape index (κ2) is 28.3. The van der Waals surface area contributed by atoms with Crippen LogP contribution in [-0.4, -0.2) is 62.7 Å². The number of benzene rings is 2. The SMILES string of the molecule is C#C.C=C.C=C.C=C.C=C1CN(C)CCCN(CC2CCCCC2)CCCN(c2ccc(C)cc2)C1.Cc1ccc(N)cc1. The number of terminal acetylenes is 1. The van der Waals surface area contributed by atoms with E-state index in [2.05, 4.69) is 112 Å². The first-order valence-corrected chi connectivity index (χ1v) is 15.9. The molecule has 0 bridgehead atoms. The first kappa shape index (κ1) is 42.6. The molecule has 0 aromatic heterocycles. The average Bonchev–Trinajstić information content (AvgIpc) is 3.06. The molecule has 244 valence electrons. The summed E-state index contributed by atoms with van der Waals surface area (Å²) in [5, 5.41) is 0. The highest BCUT2D eigenvalue weighted by Gasteiger charge is 2.18. The Kier molecular flexibility index (Phi) is 27.4. The summed E-state index contributed by atoms with van der Waals surface area (Å²) in [6.07, 6.45) is 17.8. The maximum Gasteiger partial charge on any atom is 0.0398 e. The number of nitrogen functional groups attached to an aromatic ring is 1.